The van der Waals surface area contributed by atoms with Gasteiger partial charge in [0.25, 0.3) is 0 Å². The summed E-state index contributed by atoms with van der Waals surface area (Å²) in [6.45, 7) is 4.78. The van der Waals surface area contributed by atoms with Crippen LogP contribution in [0.25, 0.3) is 0 Å². The summed E-state index contributed by atoms with van der Waals surface area (Å²) in [6, 6.07) is 14.5. The lowest BCUT2D eigenvalue weighted by atomic mass is 10.0. The maximum atomic E-state index is 10.6. The maximum absolute atomic E-state index is 10.6. The normalized spacial score (nSPS) is 10.6. The van der Waals surface area contributed by atoms with Gasteiger partial charge in [-0.05, 0) is 46.9 Å². The number of carboxylic acid groups (broad SMARTS) is 1. The lowest BCUT2D eigenvalue weighted by Crippen LogP contribution is -2.21. The summed E-state index contributed by atoms with van der Waals surface area (Å²) in [5.41, 5.74) is 2.53. The van der Waals surface area contributed by atoms with Crippen LogP contribution in [0.5, 0.6) is 5.75 Å². The molecule has 0 saturated carbocycles. The van der Waals surface area contributed by atoms with Gasteiger partial charge in [0.05, 0.1) is 5.97 Å². The van der Waals surface area contributed by atoms with Gasteiger partial charge in [-0.15, -0.1) is 0 Å². The van der Waals surface area contributed by atoms with E-state index < -0.39 is 5.97 Å². The summed E-state index contributed by atoms with van der Waals surface area (Å²) in [7, 11) is 0. The molecule has 3 nitrogen and oxygen atoms in total. The van der Waals surface area contributed by atoms with E-state index in [9.17, 15) is 9.90 Å². The van der Waals surface area contributed by atoms with Crippen molar-refractivity contribution in [2.45, 2.75) is 26.4 Å². The van der Waals surface area contributed by atoms with Crippen molar-refractivity contribution in [3.05, 3.63) is 65.2 Å². The number of hydrogen-bond donors (Lipinski definition) is 0. The van der Waals surface area contributed by atoms with Crippen LogP contribution < -0.4 is 9.84 Å². The molecule has 2 aromatic rings. The molecule has 0 radical (unpaired) electrons. The number of hydrogen-bond acceptors (Lipinski definition) is 3. The monoisotopic (exact) mass is 269 g/mol. The van der Waals surface area contributed by atoms with E-state index >= 15 is 0 Å². The van der Waals surface area contributed by atoms with E-state index in [2.05, 4.69) is 26.0 Å². The van der Waals surface area contributed by atoms with Gasteiger partial charge in [-0.1, -0.05) is 38.1 Å². The second-order valence-electron chi connectivity index (χ2n) is 5.00. The van der Waals surface area contributed by atoms with Crippen molar-refractivity contribution in [1.29, 1.82) is 0 Å². The summed E-state index contributed by atoms with van der Waals surface area (Å²) in [5, 5.41) is 10.6. The molecule has 104 valence electrons. The number of aromatic carboxylic acids is 1. The lowest BCUT2D eigenvalue weighted by molar-refractivity contribution is -0.255. The second-order valence-corrected chi connectivity index (χ2v) is 5.00. The SMILES string of the molecule is CC(C)c1ccc(COc2ccc(C(=O)[O-])cc2)cc1. The smallest absolute Gasteiger partial charge is 0.119 e. The van der Waals surface area contributed by atoms with E-state index in [1.807, 2.05) is 12.1 Å². The first-order valence-corrected chi connectivity index (χ1v) is 6.59. The molecule has 0 saturated heterocycles. The Bertz CT molecular complexity index is 568. The van der Waals surface area contributed by atoms with Crippen LogP contribution in [0.4, 0.5) is 0 Å². The molecule has 0 amide bonds. The zero-order valence-electron chi connectivity index (χ0n) is 11.6. The highest BCUT2D eigenvalue weighted by Crippen LogP contribution is 2.17. The average molecular weight is 269 g/mol. The molecule has 20 heavy (non-hydrogen) atoms. The van der Waals surface area contributed by atoms with Gasteiger partial charge >= 0.3 is 0 Å². The van der Waals surface area contributed by atoms with Crippen LogP contribution in [0, 0.1) is 0 Å². The van der Waals surface area contributed by atoms with Crippen LogP contribution >= 0.6 is 0 Å². The molecule has 0 atom stereocenters. The highest BCUT2D eigenvalue weighted by molar-refractivity contribution is 5.85. The quantitative estimate of drug-likeness (QED) is 0.838. The predicted octanol–water partition coefficient (Wildman–Crippen LogP) is 2.75. The zero-order valence-corrected chi connectivity index (χ0v) is 11.6. The van der Waals surface area contributed by atoms with Gasteiger partial charge in [0.2, 0.25) is 0 Å². The van der Waals surface area contributed by atoms with Crippen LogP contribution in [0.15, 0.2) is 48.5 Å². The summed E-state index contributed by atoms with van der Waals surface area (Å²) < 4.78 is 5.61. The number of ether oxygens (including phenoxy) is 1. The van der Waals surface area contributed by atoms with Gasteiger partial charge in [0.1, 0.15) is 12.4 Å². The topological polar surface area (TPSA) is 49.4 Å². The molecule has 0 aliphatic heterocycles. The van der Waals surface area contributed by atoms with Crippen molar-refractivity contribution in [2.24, 2.45) is 0 Å². The number of rotatable bonds is 5. The van der Waals surface area contributed by atoms with Crippen molar-refractivity contribution in [3.8, 4) is 5.75 Å². The number of carboxylic acids is 1. The number of carbonyl (C=O) groups is 1. The highest BCUT2D eigenvalue weighted by atomic mass is 16.5. The molecule has 0 bridgehead atoms. The molecule has 0 spiro atoms. The average Bonchev–Trinajstić information content (AvgIpc) is 2.46. The van der Waals surface area contributed by atoms with Crippen LogP contribution in [-0.4, -0.2) is 5.97 Å². The molecule has 0 aliphatic carbocycles. The highest BCUT2D eigenvalue weighted by Gasteiger charge is 2.00. The van der Waals surface area contributed by atoms with Crippen LogP contribution in [0.3, 0.4) is 0 Å². The molecule has 0 heterocycles. The van der Waals surface area contributed by atoms with Crippen molar-refractivity contribution < 1.29 is 14.6 Å². The van der Waals surface area contributed by atoms with Gasteiger partial charge in [0, 0.05) is 0 Å². The van der Waals surface area contributed by atoms with Gasteiger partial charge in [-0.3, -0.25) is 0 Å². The Morgan fingerprint density at radius 1 is 1.05 bits per heavy atom. The van der Waals surface area contributed by atoms with Gasteiger partial charge in [-0.2, -0.15) is 0 Å². The molecule has 0 N–H and O–H groups in total. The van der Waals surface area contributed by atoms with E-state index in [4.69, 9.17) is 4.74 Å². The third-order valence-corrected chi connectivity index (χ3v) is 3.14. The maximum Gasteiger partial charge on any atom is 0.119 e. The summed E-state index contributed by atoms with van der Waals surface area (Å²) in [4.78, 5) is 10.6. The van der Waals surface area contributed by atoms with Crippen LogP contribution in [0.1, 0.15) is 41.3 Å². The first-order valence-electron chi connectivity index (χ1n) is 6.59. The molecule has 0 aromatic heterocycles. The Labute approximate surface area is 118 Å². The van der Waals surface area contributed by atoms with E-state index in [1.165, 1.54) is 17.7 Å². The molecular formula is C17H17O3-. The van der Waals surface area contributed by atoms with Gasteiger partial charge in [0.15, 0.2) is 0 Å². The van der Waals surface area contributed by atoms with Crippen LogP contribution in [-0.2, 0) is 6.61 Å². The lowest BCUT2D eigenvalue weighted by Gasteiger charge is -2.09. The molecule has 0 aliphatic rings. The molecule has 3 heteroatoms. The fourth-order valence-electron chi connectivity index (χ4n) is 1.85. The first kappa shape index (κ1) is 14.1. The third kappa shape index (κ3) is 3.60. The van der Waals surface area contributed by atoms with E-state index in [0.717, 1.165) is 5.56 Å². The minimum atomic E-state index is -1.18. The number of carbonyl (C=O) groups excluding carboxylic acids is 1. The number of benzene rings is 2. The predicted molar refractivity (Wildman–Crippen MR) is 75.6 cm³/mol. The Morgan fingerprint density at radius 2 is 1.65 bits per heavy atom. The summed E-state index contributed by atoms with van der Waals surface area (Å²) >= 11 is 0. The molecule has 0 unspecified atom stereocenters. The minimum Gasteiger partial charge on any atom is -0.545 e. The second kappa shape index (κ2) is 6.24. The Hall–Kier alpha value is -2.29. The largest absolute Gasteiger partial charge is 0.545 e. The summed E-state index contributed by atoms with van der Waals surface area (Å²) in [5.74, 6) is -0.0223. The Morgan fingerprint density at radius 3 is 2.15 bits per heavy atom. The molecular weight excluding hydrogens is 252 g/mol. The van der Waals surface area contributed by atoms with E-state index in [0.29, 0.717) is 18.3 Å². The first-order chi connectivity index (χ1) is 9.56. The van der Waals surface area contributed by atoms with Gasteiger partial charge < -0.3 is 14.6 Å². The Kier molecular flexibility index (Phi) is 4.41. The molecule has 2 rings (SSSR count). The van der Waals surface area contributed by atoms with Crippen molar-refractivity contribution in [2.75, 3.05) is 0 Å². The Balaban J connectivity index is 1.96. The fraction of sp³-hybridized carbons (Fsp3) is 0.235. The fourth-order valence-corrected chi connectivity index (χ4v) is 1.85. The standard InChI is InChI=1S/C17H18O3/c1-12(2)14-5-3-13(4-6-14)11-20-16-9-7-15(8-10-16)17(18)19/h3-10,12H,11H2,1-2H3,(H,18,19)/p-1. The summed E-state index contributed by atoms with van der Waals surface area (Å²) in [6.07, 6.45) is 0. The van der Waals surface area contributed by atoms with Crippen molar-refractivity contribution in [1.82, 2.24) is 0 Å². The van der Waals surface area contributed by atoms with E-state index in [-0.39, 0.29) is 5.56 Å². The van der Waals surface area contributed by atoms with Crippen LogP contribution in [0.2, 0.25) is 0 Å². The van der Waals surface area contributed by atoms with E-state index in [1.54, 1.807) is 12.1 Å². The molecule has 2 aromatic carbocycles. The van der Waals surface area contributed by atoms with Crippen molar-refractivity contribution in [3.63, 3.8) is 0 Å². The zero-order chi connectivity index (χ0) is 14.5. The molecule has 0 fully saturated rings. The third-order valence-electron chi connectivity index (χ3n) is 3.14. The minimum absolute atomic E-state index is 0.152. The van der Waals surface area contributed by atoms with Crippen molar-refractivity contribution >= 4 is 5.97 Å². The van der Waals surface area contributed by atoms with Gasteiger partial charge in [-0.25, -0.2) is 0 Å².